The van der Waals surface area contributed by atoms with Crippen LogP contribution in [0.5, 0.6) is 11.5 Å². The molecule has 0 amide bonds. The molecule has 1 saturated heterocycles. The van der Waals surface area contributed by atoms with Crippen molar-refractivity contribution in [3.05, 3.63) is 65.2 Å². The van der Waals surface area contributed by atoms with E-state index in [0.717, 1.165) is 91.2 Å². The summed E-state index contributed by atoms with van der Waals surface area (Å²) in [7, 11) is 0. The molecule has 4 unspecified atom stereocenters. The van der Waals surface area contributed by atoms with E-state index in [9.17, 15) is 9.90 Å². The first-order valence-electron chi connectivity index (χ1n) is 14.0. The van der Waals surface area contributed by atoms with Crippen molar-refractivity contribution in [1.82, 2.24) is 14.5 Å². The Balaban J connectivity index is 1.05. The van der Waals surface area contributed by atoms with Crippen LogP contribution in [0.1, 0.15) is 36.3 Å². The summed E-state index contributed by atoms with van der Waals surface area (Å²) in [4.78, 5) is 18.9. The molecule has 0 radical (unpaired) electrons. The predicted octanol–water partition coefficient (Wildman–Crippen LogP) is 4.70. The minimum atomic E-state index is -0.773. The molecule has 0 saturated carbocycles. The van der Waals surface area contributed by atoms with Gasteiger partial charge < -0.3 is 23.9 Å². The molecule has 7 rings (SSSR count). The Morgan fingerprint density at radius 3 is 2.90 bits per heavy atom. The van der Waals surface area contributed by atoms with Crippen LogP contribution in [0, 0.1) is 0 Å². The maximum atomic E-state index is 11.6. The minimum absolute atomic E-state index is 0.0471. The lowest BCUT2D eigenvalue weighted by molar-refractivity contribution is -0.136. The number of nitrogens with zero attached hydrogens (tertiary/aromatic N) is 3. The Morgan fingerprint density at radius 2 is 2.17 bits per heavy atom. The van der Waals surface area contributed by atoms with Gasteiger partial charge in [-0.05, 0) is 36.5 Å². The second-order valence-electron chi connectivity index (χ2n) is 10.9. The van der Waals surface area contributed by atoms with Crippen molar-refractivity contribution >= 4 is 34.9 Å². The minimum Gasteiger partial charge on any atom is -0.485 e. The van der Waals surface area contributed by atoms with Crippen LogP contribution in [0.3, 0.4) is 0 Å². The number of hydrogen-bond acceptors (Lipinski definition) is 7. The van der Waals surface area contributed by atoms with E-state index >= 15 is 0 Å². The number of carbonyl (C=O) groups is 1. The molecule has 4 atom stereocenters. The summed E-state index contributed by atoms with van der Waals surface area (Å²) in [5.41, 5.74) is 4.53. The van der Waals surface area contributed by atoms with Crippen LogP contribution in [0.2, 0.25) is 0 Å². The van der Waals surface area contributed by atoms with Gasteiger partial charge in [-0.1, -0.05) is 48.2 Å². The number of benzene rings is 1. The standard InChI is InChI=1S/C30H32ClN3O5S/c31-20-6-4-19(5-7-20)25-17-38-28-22(2-1-3-24(28)39-25)18-8-11-33(12-9-18)16-27-32-29-23(14-26(40-29)30(35)36)34(27)15-21-10-13-37-21/h1-6,8,20-21,25-26H,7,9-17H2,(H,35,36). The van der Waals surface area contributed by atoms with Gasteiger partial charge in [0.05, 0.1) is 30.3 Å². The highest BCUT2D eigenvalue weighted by Crippen LogP contribution is 2.42. The molecule has 40 heavy (non-hydrogen) atoms. The van der Waals surface area contributed by atoms with Gasteiger partial charge in [0, 0.05) is 31.7 Å². The number of halogens is 1. The van der Waals surface area contributed by atoms with E-state index in [0.29, 0.717) is 13.0 Å². The van der Waals surface area contributed by atoms with Crippen LogP contribution < -0.4 is 9.47 Å². The van der Waals surface area contributed by atoms with Crippen LogP contribution in [0.15, 0.2) is 53.1 Å². The third-order valence-corrected chi connectivity index (χ3v) is 9.81. The van der Waals surface area contributed by atoms with Crippen LogP contribution in [-0.4, -0.2) is 74.7 Å². The van der Waals surface area contributed by atoms with Crippen molar-refractivity contribution in [2.75, 3.05) is 26.3 Å². The molecule has 1 aromatic heterocycles. The highest BCUT2D eigenvalue weighted by atomic mass is 35.5. The smallest absolute Gasteiger partial charge is 0.317 e. The van der Waals surface area contributed by atoms with Gasteiger partial charge in [0.2, 0.25) is 0 Å². The van der Waals surface area contributed by atoms with Crippen molar-refractivity contribution in [3.63, 3.8) is 0 Å². The van der Waals surface area contributed by atoms with E-state index in [1.54, 1.807) is 0 Å². The Morgan fingerprint density at radius 1 is 1.27 bits per heavy atom. The fourth-order valence-electron chi connectivity index (χ4n) is 5.93. The molecule has 1 aromatic carbocycles. The summed E-state index contributed by atoms with van der Waals surface area (Å²) in [5, 5.41) is 9.97. The first-order valence-corrected chi connectivity index (χ1v) is 15.3. The number of allylic oxidation sites excluding steroid dienone is 2. The van der Waals surface area contributed by atoms with E-state index in [4.69, 9.17) is 30.8 Å². The third kappa shape index (κ3) is 5.09. The number of hydrogen-bond donors (Lipinski definition) is 1. The molecular formula is C30H32ClN3O5S. The normalized spacial score (nSPS) is 27.5. The van der Waals surface area contributed by atoms with Gasteiger partial charge >= 0.3 is 5.97 Å². The molecule has 5 heterocycles. The number of thioether (sulfide) groups is 1. The highest BCUT2D eigenvalue weighted by molar-refractivity contribution is 8.00. The topological polar surface area (TPSA) is 86.0 Å². The number of ether oxygens (including phenoxy) is 3. The summed E-state index contributed by atoms with van der Waals surface area (Å²) in [6.45, 7) is 4.45. The summed E-state index contributed by atoms with van der Waals surface area (Å²) in [5.74, 6) is 1.84. The number of rotatable bonds is 7. The molecule has 4 aliphatic heterocycles. The number of alkyl halides is 1. The lowest BCUT2D eigenvalue weighted by Crippen LogP contribution is -2.34. The second kappa shape index (κ2) is 10.9. The van der Waals surface area contributed by atoms with Crippen LogP contribution in [0.4, 0.5) is 0 Å². The largest absolute Gasteiger partial charge is 0.485 e. The number of carboxylic acids is 1. The number of imidazole rings is 1. The predicted molar refractivity (Wildman–Crippen MR) is 153 cm³/mol. The molecule has 8 nitrogen and oxygen atoms in total. The average Bonchev–Trinajstić information content (AvgIpc) is 3.49. The molecule has 1 N–H and O–H groups in total. The number of para-hydroxylation sites is 1. The molecule has 10 heteroatoms. The molecule has 1 aliphatic carbocycles. The molecule has 5 aliphatic rings. The Kier molecular flexibility index (Phi) is 7.16. The zero-order valence-electron chi connectivity index (χ0n) is 22.1. The van der Waals surface area contributed by atoms with Gasteiger partial charge in [0.25, 0.3) is 0 Å². The zero-order chi connectivity index (χ0) is 27.2. The average molecular weight is 582 g/mol. The van der Waals surface area contributed by atoms with Gasteiger partial charge in [0.1, 0.15) is 22.7 Å². The number of fused-ring (bicyclic) bond motifs is 2. The molecule has 2 aromatic rings. The lowest BCUT2D eigenvalue weighted by Gasteiger charge is -2.32. The van der Waals surface area contributed by atoms with E-state index < -0.39 is 11.2 Å². The second-order valence-corrected chi connectivity index (χ2v) is 12.7. The van der Waals surface area contributed by atoms with Crippen LogP contribution >= 0.6 is 23.4 Å². The number of aromatic nitrogens is 2. The number of carboxylic acid groups (broad SMARTS) is 1. The van der Waals surface area contributed by atoms with E-state index in [1.807, 2.05) is 24.3 Å². The summed E-state index contributed by atoms with van der Waals surface area (Å²) >= 11 is 7.56. The van der Waals surface area contributed by atoms with Crippen molar-refractivity contribution in [2.24, 2.45) is 0 Å². The summed E-state index contributed by atoms with van der Waals surface area (Å²) < 4.78 is 20.6. The SMILES string of the molecule is O=C(O)C1Cc2c(nc(CN3CC=C(c4cccc5c4OCC(C4=CCC(Cl)C=C4)O5)CC3)n2CC2CCO2)S1. The molecule has 0 spiro atoms. The van der Waals surface area contributed by atoms with E-state index in [-0.39, 0.29) is 17.6 Å². The van der Waals surface area contributed by atoms with Gasteiger partial charge in [0.15, 0.2) is 17.6 Å². The molecule has 210 valence electrons. The van der Waals surface area contributed by atoms with Gasteiger partial charge in [-0.15, -0.1) is 11.6 Å². The number of aliphatic carboxylic acids is 1. The van der Waals surface area contributed by atoms with Crippen molar-refractivity contribution in [3.8, 4) is 11.5 Å². The van der Waals surface area contributed by atoms with Gasteiger partial charge in [-0.2, -0.15) is 0 Å². The van der Waals surface area contributed by atoms with Crippen LogP contribution in [0.25, 0.3) is 5.57 Å². The Labute approximate surface area is 242 Å². The fraction of sp³-hybridized carbons (Fsp3) is 0.467. The maximum absolute atomic E-state index is 11.6. The molecule has 0 bridgehead atoms. The Hall–Kier alpha value is -2.72. The summed E-state index contributed by atoms with van der Waals surface area (Å²) in [6, 6.07) is 6.14. The maximum Gasteiger partial charge on any atom is 0.317 e. The highest BCUT2D eigenvalue weighted by Gasteiger charge is 2.35. The first kappa shape index (κ1) is 26.2. The third-order valence-electron chi connectivity index (χ3n) is 8.28. The van der Waals surface area contributed by atoms with Gasteiger partial charge in [-0.25, -0.2) is 4.98 Å². The van der Waals surface area contributed by atoms with Crippen molar-refractivity contribution in [1.29, 1.82) is 0 Å². The van der Waals surface area contributed by atoms with Crippen LogP contribution in [-0.2, 0) is 29.0 Å². The van der Waals surface area contributed by atoms with E-state index in [2.05, 4.69) is 27.7 Å². The van der Waals surface area contributed by atoms with Crippen molar-refractivity contribution < 1.29 is 24.1 Å². The van der Waals surface area contributed by atoms with E-state index in [1.165, 1.54) is 17.3 Å². The molecular weight excluding hydrogens is 550 g/mol. The zero-order valence-corrected chi connectivity index (χ0v) is 23.7. The summed E-state index contributed by atoms with van der Waals surface area (Å²) in [6.07, 6.45) is 11.8. The quantitative estimate of drug-likeness (QED) is 0.471. The van der Waals surface area contributed by atoms with Crippen molar-refractivity contribution in [2.45, 2.75) is 66.6 Å². The Bertz CT molecular complexity index is 1410. The molecule has 1 fully saturated rings. The fourth-order valence-corrected chi connectivity index (χ4v) is 7.19. The first-order chi connectivity index (χ1) is 19.5. The van der Waals surface area contributed by atoms with Gasteiger partial charge in [-0.3, -0.25) is 9.69 Å². The lowest BCUT2D eigenvalue weighted by atomic mass is 9.97. The monoisotopic (exact) mass is 581 g/mol.